The van der Waals surface area contributed by atoms with Gasteiger partial charge >= 0.3 is 5.97 Å². The van der Waals surface area contributed by atoms with Gasteiger partial charge < -0.3 is 10.4 Å². The van der Waals surface area contributed by atoms with Gasteiger partial charge in [-0.1, -0.05) is 13.0 Å². The molecular weight excluding hydrogens is 154 g/mol. The number of carboxylic acid groups (broad SMARTS) is 1. The van der Waals surface area contributed by atoms with Crippen LogP contribution in [-0.2, 0) is 4.79 Å². The first-order chi connectivity index (χ1) is 5.68. The summed E-state index contributed by atoms with van der Waals surface area (Å²) in [6, 6.07) is 0.610. The minimum absolute atomic E-state index is 0.610. The molecule has 0 radical (unpaired) electrons. The van der Waals surface area contributed by atoms with Crippen LogP contribution in [0.3, 0.4) is 0 Å². The average molecular weight is 169 g/mol. The summed E-state index contributed by atoms with van der Waals surface area (Å²) >= 11 is 0. The van der Waals surface area contributed by atoms with Crippen LogP contribution >= 0.6 is 0 Å². The standard InChI is InChI=1S/C9H15NO2/c1-7-5-8(6-7)10-4-2-3-9(11)12/h2-3,7-8,10H,4-6H2,1H3,(H,11,12)/b3-2+. The maximum atomic E-state index is 10.1. The maximum Gasteiger partial charge on any atom is 0.328 e. The maximum absolute atomic E-state index is 10.1. The predicted molar refractivity (Wildman–Crippen MR) is 47.0 cm³/mol. The lowest BCUT2D eigenvalue weighted by molar-refractivity contribution is -0.131. The molecule has 0 unspecified atom stereocenters. The smallest absolute Gasteiger partial charge is 0.328 e. The normalized spacial score (nSPS) is 28.8. The summed E-state index contributed by atoms with van der Waals surface area (Å²) in [5.41, 5.74) is 0. The number of carboxylic acids is 1. The molecule has 0 atom stereocenters. The average Bonchev–Trinajstić information content (AvgIpc) is 1.93. The fourth-order valence-corrected chi connectivity index (χ4v) is 1.46. The molecule has 1 fully saturated rings. The first kappa shape index (κ1) is 9.26. The first-order valence-electron chi connectivity index (χ1n) is 4.31. The SMILES string of the molecule is CC1CC(NC/C=C/C(=O)O)C1. The van der Waals surface area contributed by atoms with Crippen molar-refractivity contribution in [2.24, 2.45) is 5.92 Å². The Hall–Kier alpha value is -0.830. The third-order valence-corrected chi connectivity index (χ3v) is 2.16. The Bertz CT molecular complexity index is 183. The van der Waals surface area contributed by atoms with Crippen LogP contribution in [-0.4, -0.2) is 23.7 Å². The van der Waals surface area contributed by atoms with E-state index in [-0.39, 0.29) is 0 Å². The lowest BCUT2D eigenvalue weighted by Crippen LogP contribution is -2.40. The third-order valence-electron chi connectivity index (χ3n) is 2.16. The lowest BCUT2D eigenvalue weighted by Gasteiger charge is -2.33. The minimum Gasteiger partial charge on any atom is -0.478 e. The van der Waals surface area contributed by atoms with Gasteiger partial charge in [-0.15, -0.1) is 0 Å². The Kier molecular flexibility index (Phi) is 3.29. The molecule has 0 spiro atoms. The number of carbonyl (C=O) groups is 1. The fraction of sp³-hybridized carbons (Fsp3) is 0.667. The van der Waals surface area contributed by atoms with E-state index in [2.05, 4.69) is 12.2 Å². The second-order valence-corrected chi connectivity index (χ2v) is 3.42. The van der Waals surface area contributed by atoms with Crippen LogP contribution < -0.4 is 5.32 Å². The highest BCUT2D eigenvalue weighted by Crippen LogP contribution is 2.25. The van der Waals surface area contributed by atoms with Gasteiger partial charge in [0.05, 0.1) is 0 Å². The highest BCUT2D eigenvalue weighted by Gasteiger charge is 2.23. The van der Waals surface area contributed by atoms with Gasteiger partial charge in [-0.3, -0.25) is 0 Å². The summed E-state index contributed by atoms with van der Waals surface area (Å²) in [6.07, 6.45) is 5.27. The first-order valence-corrected chi connectivity index (χ1v) is 4.31. The zero-order chi connectivity index (χ0) is 8.97. The van der Waals surface area contributed by atoms with E-state index in [0.29, 0.717) is 12.6 Å². The molecule has 0 amide bonds. The molecule has 3 nitrogen and oxygen atoms in total. The van der Waals surface area contributed by atoms with E-state index < -0.39 is 5.97 Å². The van der Waals surface area contributed by atoms with Gasteiger partial charge in [0, 0.05) is 18.7 Å². The van der Waals surface area contributed by atoms with Crippen LogP contribution in [0.5, 0.6) is 0 Å². The fourth-order valence-electron chi connectivity index (χ4n) is 1.46. The summed E-state index contributed by atoms with van der Waals surface area (Å²) in [5, 5.41) is 11.5. The van der Waals surface area contributed by atoms with Gasteiger partial charge in [0.15, 0.2) is 0 Å². The number of hydrogen-bond donors (Lipinski definition) is 2. The molecule has 1 rings (SSSR count). The molecular formula is C9H15NO2. The second-order valence-electron chi connectivity index (χ2n) is 3.42. The lowest BCUT2D eigenvalue weighted by atomic mass is 9.82. The van der Waals surface area contributed by atoms with Gasteiger partial charge in [-0.2, -0.15) is 0 Å². The van der Waals surface area contributed by atoms with Gasteiger partial charge in [-0.25, -0.2) is 4.79 Å². The van der Waals surface area contributed by atoms with Crippen LogP contribution in [0, 0.1) is 5.92 Å². The summed E-state index contributed by atoms with van der Waals surface area (Å²) < 4.78 is 0. The zero-order valence-corrected chi connectivity index (χ0v) is 7.29. The van der Waals surface area contributed by atoms with Crippen LogP contribution in [0.25, 0.3) is 0 Å². The van der Waals surface area contributed by atoms with Crippen LogP contribution in [0.15, 0.2) is 12.2 Å². The molecule has 0 aromatic rings. The van der Waals surface area contributed by atoms with E-state index in [9.17, 15) is 4.79 Å². The van der Waals surface area contributed by atoms with Gasteiger partial charge in [0.25, 0.3) is 0 Å². The van der Waals surface area contributed by atoms with E-state index in [1.807, 2.05) is 0 Å². The van der Waals surface area contributed by atoms with E-state index in [0.717, 1.165) is 5.92 Å². The monoisotopic (exact) mass is 169 g/mol. The molecule has 1 saturated carbocycles. The molecule has 0 saturated heterocycles. The van der Waals surface area contributed by atoms with Crippen molar-refractivity contribution in [2.45, 2.75) is 25.8 Å². The summed E-state index contributed by atoms with van der Waals surface area (Å²) in [6.45, 7) is 2.90. The zero-order valence-electron chi connectivity index (χ0n) is 7.29. The second kappa shape index (κ2) is 4.26. The third kappa shape index (κ3) is 3.05. The Morgan fingerprint density at radius 1 is 1.67 bits per heavy atom. The molecule has 1 aliphatic rings. The molecule has 2 N–H and O–H groups in total. The molecule has 0 bridgehead atoms. The van der Waals surface area contributed by atoms with Crippen LogP contribution in [0.1, 0.15) is 19.8 Å². The van der Waals surface area contributed by atoms with Crippen molar-refractivity contribution in [1.82, 2.24) is 5.32 Å². The molecule has 1 aliphatic carbocycles. The predicted octanol–water partition coefficient (Wildman–Crippen LogP) is 1.02. The Morgan fingerprint density at radius 2 is 2.33 bits per heavy atom. The van der Waals surface area contributed by atoms with Crippen LogP contribution in [0.4, 0.5) is 0 Å². The largest absolute Gasteiger partial charge is 0.478 e. The highest BCUT2D eigenvalue weighted by molar-refractivity contribution is 5.79. The van der Waals surface area contributed by atoms with E-state index in [1.165, 1.54) is 18.9 Å². The number of rotatable bonds is 4. The minimum atomic E-state index is -0.876. The number of hydrogen-bond acceptors (Lipinski definition) is 2. The quantitative estimate of drug-likeness (QED) is 0.618. The summed E-state index contributed by atoms with van der Waals surface area (Å²) in [7, 11) is 0. The Balaban J connectivity index is 2.00. The molecule has 0 heterocycles. The van der Waals surface area contributed by atoms with Gasteiger partial charge in [0.2, 0.25) is 0 Å². The topological polar surface area (TPSA) is 49.3 Å². The number of nitrogens with one attached hydrogen (secondary N) is 1. The van der Waals surface area contributed by atoms with Crippen molar-refractivity contribution in [3.8, 4) is 0 Å². The van der Waals surface area contributed by atoms with Gasteiger partial charge in [-0.05, 0) is 18.8 Å². The summed E-state index contributed by atoms with van der Waals surface area (Å²) in [4.78, 5) is 10.1. The molecule has 12 heavy (non-hydrogen) atoms. The van der Waals surface area contributed by atoms with Crippen molar-refractivity contribution >= 4 is 5.97 Å². The van der Waals surface area contributed by atoms with E-state index in [4.69, 9.17) is 5.11 Å². The van der Waals surface area contributed by atoms with E-state index >= 15 is 0 Å². The molecule has 3 heteroatoms. The number of aliphatic carboxylic acids is 1. The summed E-state index contributed by atoms with van der Waals surface area (Å²) in [5.74, 6) is -0.0373. The molecule has 0 aromatic carbocycles. The van der Waals surface area contributed by atoms with Crippen molar-refractivity contribution in [3.63, 3.8) is 0 Å². The van der Waals surface area contributed by atoms with E-state index in [1.54, 1.807) is 6.08 Å². The Labute approximate surface area is 72.5 Å². The molecule has 68 valence electrons. The highest BCUT2D eigenvalue weighted by atomic mass is 16.4. The van der Waals surface area contributed by atoms with Crippen molar-refractivity contribution in [1.29, 1.82) is 0 Å². The van der Waals surface area contributed by atoms with Crippen LogP contribution in [0.2, 0.25) is 0 Å². The molecule has 0 aliphatic heterocycles. The Morgan fingerprint density at radius 3 is 2.83 bits per heavy atom. The van der Waals surface area contributed by atoms with Crippen molar-refractivity contribution in [2.75, 3.05) is 6.54 Å². The van der Waals surface area contributed by atoms with Gasteiger partial charge in [0.1, 0.15) is 0 Å². The van der Waals surface area contributed by atoms with Crippen molar-refractivity contribution in [3.05, 3.63) is 12.2 Å². The molecule has 0 aromatic heterocycles. The van der Waals surface area contributed by atoms with Crippen molar-refractivity contribution < 1.29 is 9.90 Å².